The number of benzene rings is 2. The normalized spacial score (nSPS) is 11.5. The molecule has 10 nitrogen and oxygen atoms in total. The average molecular weight is 465 g/mol. The summed E-state index contributed by atoms with van der Waals surface area (Å²) in [5.74, 6) is -0.107. The zero-order valence-electron chi connectivity index (χ0n) is 17.7. The quantitative estimate of drug-likeness (QED) is 0.256. The van der Waals surface area contributed by atoms with E-state index in [9.17, 15) is 19.7 Å². The Morgan fingerprint density at radius 3 is 2.25 bits per heavy atom. The highest BCUT2D eigenvalue weighted by molar-refractivity contribution is 6.34. The van der Waals surface area contributed by atoms with E-state index in [0.29, 0.717) is 22.8 Å². The molecule has 0 spiro atoms. The first-order chi connectivity index (χ1) is 15.2. The van der Waals surface area contributed by atoms with Crippen LogP contribution in [0.15, 0.2) is 36.4 Å². The molecule has 0 aliphatic carbocycles. The Morgan fingerprint density at radius 2 is 1.69 bits per heavy atom. The van der Waals surface area contributed by atoms with Gasteiger partial charge < -0.3 is 24.3 Å². The van der Waals surface area contributed by atoms with Gasteiger partial charge in [-0.05, 0) is 25.1 Å². The summed E-state index contributed by atoms with van der Waals surface area (Å²) < 4.78 is 20.8. The van der Waals surface area contributed by atoms with E-state index in [-0.39, 0.29) is 16.4 Å². The van der Waals surface area contributed by atoms with Gasteiger partial charge in [0.1, 0.15) is 5.75 Å². The minimum Gasteiger partial charge on any atom is -0.496 e. The second-order valence-electron chi connectivity index (χ2n) is 6.27. The summed E-state index contributed by atoms with van der Waals surface area (Å²) in [6, 6.07) is 6.81. The van der Waals surface area contributed by atoms with Gasteiger partial charge in [-0.2, -0.15) is 0 Å². The van der Waals surface area contributed by atoms with Crippen molar-refractivity contribution < 1.29 is 33.5 Å². The molecule has 0 aliphatic rings. The first-order valence-electron chi connectivity index (χ1n) is 9.13. The number of non-ortho nitro benzene ring substituents is 1. The first kappa shape index (κ1) is 24.5. The van der Waals surface area contributed by atoms with Gasteiger partial charge in [0.2, 0.25) is 0 Å². The van der Waals surface area contributed by atoms with Gasteiger partial charge in [-0.3, -0.25) is 14.9 Å². The highest BCUT2D eigenvalue weighted by atomic mass is 35.5. The number of nitrogens with one attached hydrogen (secondary N) is 1. The fraction of sp³-hybridized carbons (Fsp3) is 0.238. The molecule has 0 heterocycles. The van der Waals surface area contributed by atoms with Gasteiger partial charge in [0, 0.05) is 29.8 Å². The van der Waals surface area contributed by atoms with E-state index < -0.39 is 22.9 Å². The molecule has 0 saturated heterocycles. The summed E-state index contributed by atoms with van der Waals surface area (Å²) >= 11 is 5.95. The van der Waals surface area contributed by atoms with Crippen LogP contribution in [0.5, 0.6) is 17.2 Å². The summed E-state index contributed by atoms with van der Waals surface area (Å²) in [4.78, 5) is 34.6. The van der Waals surface area contributed by atoms with Crippen molar-refractivity contribution in [3.8, 4) is 17.2 Å². The zero-order chi connectivity index (χ0) is 23.8. The van der Waals surface area contributed by atoms with Crippen molar-refractivity contribution in [2.24, 2.45) is 0 Å². The fourth-order valence-corrected chi connectivity index (χ4v) is 2.78. The molecule has 0 saturated carbocycles. The van der Waals surface area contributed by atoms with Gasteiger partial charge in [-0.15, -0.1) is 0 Å². The second kappa shape index (κ2) is 11.0. The van der Waals surface area contributed by atoms with Crippen LogP contribution in [0.2, 0.25) is 5.02 Å². The highest BCUT2D eigenvalue weighted by Gasteiger charge is 2.19. The zero-order valence-corrected chi connectivity index (χ0v) is 18.5. The van der Waals surface area contributed by atoms with Crippen molar-refractivity contribution in [3.05, 3.63) is 57.1 Å². The summed E-state index contributed by atoms with van der Waals surface area (Å²) in [6.45, 7) is 1.37. The van der Waals surface area contributed by atoms with Gasteiger partial charge in [0.15, 0.2) is 17.6 Å². The number of amides is 1. The summed E-state index contributed by atoms with van der Waals surface area (Å²) in [7, 11) is 4.43. The van der Waals surface area contributed by atoms with E-state index in [0.717, 1.165) is 12.1 Å². The number of ether oxygens (including phenoxy) is 4. The van der Waals surface area contributed by atoms with Crippen molar-refractivity contribution in [2.75, 3.05) is 26.6 Å². The standard InChI is InChI=1S/C21H21ClN2O8/c1-12(21(26)23-16-7-6-14(24(27)28)10-15(16)22)32-20(25)8-5-13-9-18(30-3)19(31-4)11-17(13)29-2/h5-12H,1-4H3,(H,23,26)/b8-5+. The molecular weight excluding hydrogens is 444 g/mol. The maximum atomic E-state index is 12.3. The van der Waals surface area contributed by atoms with Crippen molar-refractivity contribution in [1.82, 2.24) is 0 Å². The van der Waals surface area contributed by atoms with E-state index in [4.69, 9.17) is 30.5 Å². The molecule has 11 heteroatoms. The Balaban J connectivity index is 2.05. The Bertz CT molecular complexity index is 1050. The maximum Gasteiger partial charge on any atom is 0.331 e. The number of nitro benzene ring substituents is 1. The molecule has 1 unspecified atom stereocenters. The third-order valence-corrected chi connectivity index (χ3v) is 4.53. The summed E-state index contributed by atoms with van der Waals surface area (Å²) in [5, 5.41) is 13.2. The van der Waals surface area contributed by atoms with E-state index in [1.165, 1.54) is 46.5 Å². The van der Waals surface area contributed by atoms with E-state index in [1.54, 1.807) is 12.1 Å². The van der Waals surface area contributed by atoms with Gasteiger partial charge in [0.05, 0.1) is 37.0 Å². The van der Waals surface area contributed by atoms with Gasteiger partial charge >= 0.3 is 5.97 Å². The number of halogens is 1. The van der Waals surface area contributed by atoms with Crippen LogP contribution in [-0.2, 0) is 14.3 Å². The smallest absolute Gasteiger partial charge is 0.331 e. The highest BCUT2D eigenvalue weighted by Crippen LogP contribution is 2.35. The molecule has 1 atom stereocenters. The van der Waals surface area contributed by atoms with Crippen molar-refractivity contribution in [1.29, 1.82) is 0 Å². The molecule has 0 bridgehead atoms. The number of nitro groups is 1. The Kier molecular flexibility index (Phi) is 8.42. The monoisotopic (exact) mass is 464 g/mol. The maximum absolute atomic E-state index is 12.3. The number of carbonyl (C=O) groups excluding carboxylic acids is 2. The lowest BCUT2D eigenvalue weighted by molar-refractivity contribution is -0.384. The summed E-state index contributed by atoms with van der Waals surface area (Å²) in [5.41, 5.74) is 0.454. The molecule has 170 valence electrons. The van der Waals surface area contributed by atoms with Crippen molar-refractivity contribution in [3.63, 3.8) is 0 Å². The van der Waals surface area contributed by atoms with Crippen LogP contribution in [0, 0.1) is 10.1 Å². The van der Waals surface area contributed by atoms with Crippen LogP contribution in [0.1, 0.15) is 12.5 Å². The van der Waals surface area contributed by atoms with Crippen LogP contribution >= 0.6 is 11.6 Å². The minimum atomic E-state index is -1.16. The van der Waals surface area contributed by atoms with Gasteiger partial charge in [-0.1, -0.05) is 11.6 Å². The third kappa shape index (κ3) is 6.11. The second-order valence-corrected chi connectivity index (χ2v) is 6.68. The van der Waals surface area contributed by atoms with E-state index >= 15 is 0 Å². The number of esters is 1. The summed E-state index contributed by atoms with van der Waals surface area (Å²) in [6.07, 6.45) is 1.42. The van der Waals surface area contributed by atoms with Crippen molar-refractivity contribution in [2.45, 2.75) is 13.0 Å². The predicted octanol–water partition coefficient (Wildman–Crippen LogP) is 3.86. The predicted molar refractivity (Wildman–Crippen MR) is 117 cm³/mol. The molecular formula is C21H21ClN2O8. The number of anilines is 1. The number of hydrogen-bond acceptors (Lipinski definition) is 8. The topological polar surface area (TPSA) is 126 Å². The number of carbonyl (C=O) groups is 2. The number of nitrogens with zero attached hydrogens (tertiary/aromatic N) is 1. The Morgan fingerprint density at radius 1 is 1.06 bits per heavy atom. The van der Waals surface area contributed by atoms with Crippen LogP contribution < -0.4 is 19.5 Å². The SMILES string of the molecule is COc1cc(OC)c(OC)cc1/C=C/C(=O)OC(C)C(=O)Nc1ccc([N+](=O)[O-])cc1Cl. The molecule has 1 N–H and O–H groups in total. The van der Waals surface area contributed by atoms with Crippen LogP contribution in [0.25, 0.3) is 6.08 Å². The van der Waals surface area contributed by atoms with Gasteiger partial charge in [0.25, 0.3) is 11.6 Å². The number of hydrogen-bond donors (Lipinski definition) is 1. The average Bonchev–Trinajstić information content (AvgIpc) is 2.77. The molecule has 1 amide bonds. The molecule has 2 rings (SSSR count). The van der Waals surface area contributed by atoms with Crippen LogP contribution in [-0.4, -0.2) is 44.2 Å². The largest absolute Gasteiger partial charge is 0.496 e. The molecule has 0 fully saturated rings. The minimum absolute atomic E-state index is 0.0217. The lowest BCUT2D eigenvalue weighted by atomic mass is 10.1. The van der Waals surface area contributed by atoms with Crippen molar-refractivity contribution >= 4 is 40.9 Å². The molecule has 0 aliphatic heterocycles. The van der Waals surface area contributed by atoms with E-state index in [2.05, 4.69) is 5.32 Å². The number of rotatable bonds is 9. The van der Waals surface area contributed by atoms with Gasteiger partial charge in [-0.25, -0.2) is 4.79 Å². The molecule has 0 radical (unpaired) electrons. The van der Waals surface area contributed by atoms with E-state index in [1.807, 2.05) is 0 Å². The number of methoxy groups -OCH3 is 3. The fourth-order valence-electron chi connectivity index (χ4n) is 2.56. The first-order valence-corrected chi connectivity index (χ1v) is 9.51. The molecule has 0 aromatic heterocycles. The molecule has 2 aromatic carbocycles. The van der Waals surface area contributed by atoms with Crippen LogP contribution in [0.4, 0.5) is 11.4 Å². The molecule has 2 aromatic rings. The Labute approximate surface area is 188 Å². The lowest BCUT2D eigenvalue weighted by Gasteiger charge is -2.13. The third-order valence-electron chi connectivity index (χ3n) is 4.22. The lowest BCUT2D eigenvalue weighted by Crippen LogP contribution is -2.29. The molecule has 32 heavy (non-hydrogen) atoms. The van der Waals surface area contributed by atoms with Crippen LogP contribution in [0.3, 0.4) is 0 Å². The Hall–Kier alpha value is -3.79.